The predicted octanol–water partition coefficient (Wildman–Crippen LogP) is 3.90. The fourth-order valence-electron chi connectivity index (χ4n) is 8.37. The third-order valence-corrected chi connectivity index (χ3v) is 8.89. The van der Waals surface area contributed by atoms with E-state index < -0.39 is 0 Å². The summed E-state index contributed by atoms with van der Waals surface area (Å²) >= 11 is 0. The van der Waals surface area contributed by atoms with E-state index >= 15 is 0 Å². The molecule has 1 amide bonds. The average Bonchev–Trinajstić information content (AvgIpc) is 3.28. The monoisotopic (exact) mass is 385 g/mol. The minimum absolute atomic E-state index is 0.0687. The third kappa shape index (κ3) is 1.70. The van der Waals surface area contributed by atoms with Crippen LogP contribution in [0.1, 0.15) is 17.5 Å². The molecule has 146 valence electrons. The molecule has 6 saturated carbocycles. The highest BCUT2D eigenvalue weighted by molar-refractivity contribution is 5.97. The maximum absolute atomic E-state index is 13.4. The minimum Gasteiger partial charge on any atom is -0.445 e. The van der Waals surface area contributed by atoms with E-state index in [1.807, 2.05) is 53.4 Å². The third-order valence-electron chi connectivity index (χ3n) is 8.89. The summed E-state index contributed by atoms with van der Waals surface area (Å²) in [7, 11) is 0. The van der Waals surface area contributed by atoms with E-state index in [1.54, 1.807) is 0 Å². The van der Waals surface area contributed by atoms with Gasteiger partial charge in [-0.2, -0.15) is 0 Å². The zero-order valence-electron chi connectivity index (χ0n) is 16.1. The second-order valence-electron chi connectivity index (χ2n) is 9.60. The lowest BCUT2D eigenvalue weighted by Gasteiger charge is -2.74. The van der Waals surface area contributed by atoms with Crippen LogP contribution in [-0.4, -0.2) is 22.3 Å². The lowest BCUT2D eigenvalue weighted by molar-refractivity contribution is -0.261. The SMILES string of the molecule is O=C1[C@@H]2[C@@H]3C[C@@H]4[C@@H]5[C@H]3[C@H]1[C@]5(N(Cc1ccccc1)C(=O)OCc1ccccc1)[C@@H]42. The number of hydrogen-bond acceptors (Lipinski definition) is 3. The fraction of sp³-hybridized carbons (Fsp3) is 0.440. The number of hydrogen-bond donors (Lipinski definition) is 0. The van der Waals surface area contributed by atoms with Gasteiger partial charge in [0.05, 0.1) is 5.54 Å². The molecule has 6 aliphatic carbocycles. The van der Waals surface area contributed by atoms with Crippen LogP contribution in [0.15, 0.2) is 60.7 Å². The molecule has 0 heterocycles. The molecule has 0 saturated heterocycles. The van der Waals surface area contributed by atoms with E-state index in [9.17, 15) is 9.59 Å². The molecule has 29 heavy (non-hydrogen) atoms. The number of carbonyl (C=O) groups is 2. The quantitative estimate of drug-likeness (QED) is 0.784. The van der Waals surface area contributed by atoms with Crippen molar-refractivity contribution >= 4 is 11.9 Å². The van der Waals surface area contributed by atoms with Crippen molar-refractivity contribution in [3.63, 3.8) is 0 Å². The Hall–Kier alpha value is -2.62. The minimum atomic E-state index is -0.261. The van der Waals surface area contributed by atoms with E-state index in [4.69, 9.17) is 4.74 Å². The second kappa shape index (κ2) is 5.29. The molecule has 6 aliphatic rings. The first-order valence-corrected chi connectivity index (χ1v) is 10.8. The summed E-state index contributed by atoms with van der Waals surface area (Å²) < 4.78 is 5.80. The van der Waals surface area contributed by atoms with Crippen LogP contribution in [0.5, 0.6) is 0 Å². The zero-order valence-corrected chi connectivity index (χ0v) is 16.1. The molecule has 8 rings (SSSR count). The Morgan fingerprint density at radius 1 is 0.966 bits per heavy atom. The van der Waals surface area contributed by atoms with Crippen molar-refractivity contribution in [3.8, 4) is 0 Å². The van der Waals surface area contributed by atoms with Crippen LogP contribution in [0.4, 0.5) is 4.79 Å². The highest BCUT2D eigenvalue weighted by atomic mass is 16.6. The molecule has 2 aromatic carbocycles. The van der Waals surface area contributed by atoms with Gasteiger partial charge in [0.1, 0.15) is 12.4 Å². The number of ether oxygens (including phenoxy) is 1. The van der Waals surface area contributed by atoms with Crippen molar-refractivity contribution < 1.29 is 14.3 Å². The average molecular weight is 385 g/mol. The first kappa shape index (κ1) is 16.2. The Bertz CT molecular complexity index is 1020. The summed E-state index contributed by atoms with van der Waals surface area (Å²) in [5.41, 5.74) is 1.83. The molecule has 4 bridgehead atoms. The van der Waals surface area contributed by atoms with Crippen molar-refractivity contribution in [2.75, 3.05) is 0 Å². The molecular formula is C25H23NO3. The number of carbonyl (C=O) groups excluding carboxylic acids is 2. The molecule has 0 spiro atoms. The molecule has 0 N–H and O–H groups in total. The predicted molar refractivity (Wildman–Crippen MR) is 105 cm³/mol. The van der Waals surface area contributed by atoms with E-state index in [1.165, 1.54) is 6.42 Å². The van der Waals surface area contributed by atoms with Gasteiger partial charge in [-0.3, -0.25) is 9.69 Å². The maximum atomic E-state index is 13.4. The van der Waals surface area contributed by atoms with Crippen LogP contribution in [0, 0.1) is 41.4 Å². The number of amides is 1. The Balaban J connectivity index is 1.22. The van der Waals surface area contributed by atoms with Gasteiger partial charge in [-0.15, -0.1) is 0 Å². The molecular weight excluding hydrogens is 362 g/mol. The van der Waals surface area contributed by atoms with Gasteiger partial charge in [-0.05, 0) is 47.1 Å². The van der Waals surface area contributed by atoms with Gasteiger partial charge in [-0.25, -0.2) is 4.79 Å². The van der Waals surface area contributed by atoms with Gasteiger partial charge in [-0.1, -0.05) is 60.7 Å². The number of nitrogens with zero attached hydrogens (tertiary/aromatic N) is 1. The van der Waals surface area contributed by atoms with Crippen LogP contribution in [-0.2, 0) is 22.7 Å². The summed E-state index contributed by atoms with van der Waals surface area (Å²) in [6.45, 7) is 0.802. The van der Waals surface area contributed by atoms with Gasteiger partial charge in [0.25, 0.3) is 0 Å². The van der Waals surface area contributed by atoms with Crippen molar-refractivity contribution in [2.45, 2.75) is 25.1 Å². The Morgan fingerprint density at radius 3 is 2.34 bits per heavy atom. The Labute approximate surface area is 169 Å². The summed E-state index contributed by atoms with van der Waals surface area (Å²) in [6, 6.07) is 19.9. The van der Waals surface area contributed by atoms with Gasteiger partial charge in [0.15, 0.2) is 0 Å². The first-order chi connectivity index (χ1) is 14.2. The van der Waals surface area contributed by atoms with Crippen LogP contribution in [0.25, 0.3) is 0 Å². The fourth-order valence-corrected chi connectivity index (χ4v) is 8.37. The van der Waals surface area contributed by atoms with Crippen LogP contribution < -0.4 is 0 Å². The number of ketones is 1. The molecule has 2 aromatic rings. The highest BCUT2D eigenvalue weighted by Crippen LogP contribution is 2.90. The molecule has 0 aromatic heterocycles. The van der Waals surface area contributed by atoms with Crippen LogP contribution >= 0.6 is 0 Å². The largest absolute Gasteiger partial charge is 0.445 e. The summed E-state index contributed by atoms with van der Waals surface area (Å²) in [5, 5.41) is 0. The molecule has 0 aliphatic heterocycles. The number of benzene rings is 2. The molecule has 6 fully saturated rings. The van der Waals surface area contributed by atoms with Gasteiger partial charge in [0, 0.05) is 18.4 Å². The number of rotatable bonds is 5. The van der Waals surface area contributed by atoms with Gasteiger partial charge in [0.2, 0.25) is 0 Å². The Kier molecular flexibility index (Phi) is 2.96. The van der Waals surface area contributed by atoms with Crippen molar-refractivity contribution in [2.24, 2.45) is 41.4 Å². The lowest BCUT2D eigenvalue weighted by atomic mass is 9.35. The van der Waals surface area contributed by atoms with E-state index in [0.717, 1.165) is 11.1 Å². The Morgan fingerprint density at radius 2 is 1.66 bits per heavy atom. The summed E-state index contributed by atoms with van der Waals surface area (Å²) in [4.78, 5) is 28.4. The number of Topliss-reactive ketones (excluding diaryl/α,β-unsaturated/α-hetero) is 1. The molecule has 8 atom stereocenters. The maximum Gasteiger partial charge on any atom is 0.410 e. The van der Waals surface area contributed by atoms with Crippen LogP contribution in [0.3, 0.4) is 0 Å². The molecule has 4 heteroatoms. The van der Waals surface area contributed by atoms with E-state index in [-0.39, 0.29) is 30.1 Å². The smallest absolute Gasteiger partial charge is 0.410 e. The van der Waals surface area contributed by atoms with Crippen molar-refractivity contribution in [1.29, 1.82) is 0 Å². The van der Waals surface area contributed by atoms with E-state index in [0.29, 0.717) is 41.9 Å². The summed E-state index contributed by atoms with van der Waals surface area (Å²) in [5.74, 6) is 3.48. The normalized spacial score (nSPS) is 41.2. The zero-order chi connectivity index (χ0) is 19.3. The topological polar surface area (TPSA) is 46.6 Å². The van der Waals surface area contributed by atoms with Crippen molar-refractivity contribution in [1.82, 2.24) is 4.90 Å². The second-order valence-corrected chi connectivity index (χ2v) is 9.60. The first-order valence-electron chi connectivity index (χ1n) is 10.8. The highest BCUT2D eigenvalue weighted by Gasteiger charge is 2.95. The van der Waals surface area contributed by atoms with Gasteiger partial charge >= 0.3 is 6.09 Å². The van der Waals surface area contributed by atoms with E-state index in [2.05, 4.69) is 12.1 Å². The molecule has 4 nitrogen and oxygen atoms in total. The lowest BCUT2D eigenvalue weighted by Crippen LogP contribution is -2.82. The van der Waals surface area contributed by atoms with Crippen LogP contribution in [0.2, 0.25) is 0 Å². The molecule has 0 radical (unpaired) electrons. The summed E-state index contributed by atoms with van der Waals surface area (Å²) in [6.07, 6.45) is 0.954. The standard InChI is InChI=1S/C25H23NO3/c27-23-19-16-11-17-20-18(16)22(23)25(20,21(17)19)26(12-14-7-3-1-4-8-14)24(28)29-13-15-9-5-2-6-10-15/h1-10,16-22H,11-13H2/t16-,17-,18+,19-,20-,21+,22-,25-/m1/s1. The molecule has 0 unspecified atom stereocenters. The van der Waals surface area contributed by atoms with Crippen molar-refractivity contribution in [3.05, 3.63) is 71.8 Å². The van der Waals surface area contributed by atoms with Gasteiger partial charge < -0.3 is 4.74 Å².